The number of carbonyl (C=O) groups is 1. The first kappa shape index (κ1) is 16.2. The Bertz CT molecular complexity index is 776. The second-order valence-electron chi connectivity index (χ2n) is 5.05. The molecule has 0 unspecified atom stereocenters. The lowest BCUT2D eigenvalue weighted by atomic mass is 10.1. The van der Waals surface area contributed by atoms with Crippen LogP contribution >= 0.6 is 0 Å². The normalized spacial score (nSPS) is 10.3. The summed E-state index contributed by atoms with van der Waals surface area (Å²) in [6, 6.07) is 14.7. The van der Waals surface area contributed by atoms with E-state index in [4.69, 9.17) is 10.00 Å². The molecule has 0 saturated heterocycles. The molecule has 0 aliphatic heterocycles. The fourth-order valence-corrected chi connectivity index (χ4v) is 2.00. The maximum Gasteiger partial charge on any atom is 0.277 e. The first-order valence-electron chi connectivity index (χ1n) is 7.11. The van der Waals surface area contributed by atoms with Crippen LogP contribution in [0.3, 0.4) is 0 Å². The van der Waals surface area contributed by atoms with E-state index in [1.807, 2.05) is 38.1 Å². The number of rotatable bonds is 5. The van der Waals surface area contributed by atoms with Gasteiger partial charge in [-0.2, -0.15) is 10.4 Å². The highest BCUT2D eigenvalue weighted by atomic mass is 16.5. The first-order chi connectivity index (χ1) is 11.1. The summed E-state index contributed by atoms with van der Waals surface area (Å²) in [7, 11) is 0. The molecule has 0 aromatic heterocycles. The van der Waals surface area contributed by atoms with Crippen molar-refractivity contribution in [2.45, 2.75) is 13.8 Å². The van der Waals surface area contributed by atoms with Gasteiger partial charge in [-0.15, -0.1) is 0 Å². The predicted molar refractivity (Wildman–Crippen MR) is 88.3 cm³/mol. The smallest absolute Gasteiger partial charge is 0.277 e. The fraction of sp³-hybridized carbons (Fsp3) is 0.167. The van der Waals surface area contributed by atoms with E-state index in [-0.39, 0.29) is 6.61 Å². The largest absolute Gasteiger partial charge is 0.482 e. The number of para-hydroxylation sites is 1. The lowest BCUT2D eigenvalue weighted by Crippen LogP contribution is -2.24. The molecule has 0 bridgehead atoms. The Balaban J connectivity index is 1.88. The highest BCUT2D eigenvalue weighted by Crippen LogP contribution is 2.16. The van der Waals surface area contributed by atoms with Crippen molar-refractivity contribution in [2.24, 2.45) is 5.10 Å². The molecular weight excluding hydrogens is 290 g/mol. The quantitative estimate of drug-likeness (QED) is 0.681. The van der Waals surface area contributed by atoms with Gasteiger partial charge >= 0.3 is 0 Å². The van der Waals surface area contributed by atoms with Crippen molar-refractivity contribution < 1.29 is 9.53 Å². The van der Waals surface area contributed by atoms with E-state index in [1.165, 1.54) is 5.56 Å². The molecule has 0 atom stereocenters. The molecule has 2 rings (SSSR count). The Morgan fingerprint density at radius 1 is 1.30 bits per heavy atom. The van der Waals surface area contributed by atoms with Crippen molar-refractivity contribution in [3.63, 3.8) is 0 Å². The molecule has 2 aromatic carbocycles. The Morgan fingerprint density at radius 2 is 2.09 bits per heavy atom. The van der Waals surface area contributed by atoms with Crippen molar-refractivity contribution >= 4 is 12.1 Å². The highest BCUT2D eigenvalue weighted by molar-refractivity contribution is 5.84. The molecule has 116 valence electrons. The van der Waals surface area contributed by atoms with Gasteiger partial charge in [0.15, 0.2) is 6.61 Å². The van der Waals surface area contributed by atoms with Crippen LogP contribution in [-0.2, 0) is 4.79 Å². The molecule has 23 heavy (non-hydrogen) atoms. The second kappa shape index (κ2) is 7.76. The van der Waals surface area contributed by atoms with E-state index in [0.29, 0.717) is 11.3 Å². The van der Waals surface area contributed by atoms with Gasteiger partial charge in [0.2, 0.25) is 0 Å². The van der Waals surface area contributed by atoms with Gasteiger partial charge in [-0.05, 0) is 37.1 Å². The minimum atomic E-state index is -0.390. The summed E-state index contributed by atoms with van der Waals surface area (Å²) in [6.45, 7) is 3.80. The number of amides is 1. The van der Waals surface area contributed by atoms with Gasteiger partial charge in [0.25, 0.3) is 5.91 Å². The van der Waals surface area contributed by atoms with Gasteiger partial charge in [0, 0.05) is 0 Å². The van der Waals surface area contributed by atoms with Gasteiger partial charge in [-0.3, -0.25) is 4.79 Å². The third-order valence-electron chi connectivity index (χ3n) is 3.18. The van der Waals surface area contributed by atoms with Crippen molar-refractivity contribution in [1.29, 1.82) is 5.26 Å². The van der Waals surface area contributed by atoms with Crippen LogP contribution < -0.4 is 10.2 Å². The minimum absolute atomic E-state index is 0.205. The minimum Gasteiger partial charge on any atom is -0.482 e. The molecule has 5 heteroatoms. The highest BCUT2D eigenvalue weighted by Gasteiger charge is 2.05. The number of nitriles is 1. The molecule has 0 spiro atoms. The lowest BCUT2D eigenvalue weighted by Gasteiger charge is -2.06. The SMILES string of the molecule is Cc1ccc(/C=N/NC(=O)COc2ccccc2C#N)c(C)c1. The van der Waals surface area contributed by atoms with Crippen LogP contribution in [0.4, 0.5) is 0 Å². The van der Waals surface area contributed by atoms with E-state index in [2.05, 4.69) is 10.5 Å². The number of aryl methyl sites for hydroxylation is 2. The summed E-state index contributed by atoms with van der Waals surface area (Å²) in [5.41, 5.74) is 5.99. The zero-order valence-electron chi connectivity index (χ0n) is 13.0. The zero-order valence-corrected chi connectivity index (χ0v) is 13.0. The third kappa shape index (κ3) is 4.68. The predicted octanol–water partition coefficient (Wildman–Crippen LogP) is 2.70. The molecular formula is C18H17N3O2. The summed E-state index contributed by atoms with van der Waals surface area (Å²) < 4.78 is 5.32. The maximum atomic E-state index is 11.7. The number of benzene rings is 2. The molecule has 1 amide bonds. The van der Waals surface area contributed by atoms with Crippen molar-refractivity contribution in [3.05, 3.63) is 64.7 Å². The number of carbonyl (C=O) groups excluding carboxylic acids is 1. The van der Waals surface area contributed by atoms with Crippen LogP contribution in [0.25, 0.3) is 0 Å². The number of hydrazone groups is 1. The topological polar surface area (TPSA) is 74.5 Å². The van der Waals surface area contributed by atoms with Crippen LogP contribution in [0.5, 0.6) is 5.75 Å². The number of hydrogen-bond donors (Lipinski definition) is 1. The van der Waals surface area contributed by atoms with Crippen molar-refractivity contribution in [2.75, 3.05) is 6.61 Å². The van der Waals surface area contributed by atoms with Gasteiger partial charge in [-0.1, -0.05) is 35.9 Å². The molecule has 0 saturated carbocycles. The number of hydrogen-bond acceptors (Lipinski definition) is 4. The van der Waals surface area contributed by atoms with Crippen LogP contribution in [0.15, 0.2) is 47.6 Å². The monoisotopic (exact) mass is 307 g/mol. The summed E-state index contributed by atoms with van der Waals surface area (Å²) in [5.74, 6) is -0.0118. The number of ether oxygens (including phenoxy) is 1. The van der Waals surface area contributed by atoms with Crippen LogP contribution in [0.1, 0.15) is 22.3 Å². The summed E-state index contributed by atoms with van der Waals surface area (Å²) in [4.78, 5) is 11.7. The van der Waals surface area contributed by atoms with E-state index in [9.17, 15) is 4.79 Å². The van der Waals surface area contributed by atoms with E-state index >= 15 is 0 Å². The average molecular weight is 307 g/mol. The summed E-state index contributed by atoms with van der Waals surface area (Å²) >= 11 is 0. The first-order valence-corrected chi connectivity index (χ1v) is 7.11. The molecule has 0 radical (unpaired) electrons. The molecule has 0 aliphatic carbocycles. The molecule has 0 aliphatic rings. The van der Waals surface area contributed by atoms with Gasteiger partial charge < -0.3 is 4.74 Å². The summed E-state index contributed by atoms with van der Waals surface area (Å²) in [6.07, 6.45) is 1.59. The number of nitrogens with one attached hydrogen (secondary N) is 1. The Labute approximate surface area is 135 Å². The third-order valence-corrected chi connectivity index (χ3v) is 3.18. The van der Waals surface area contributed by atoms with E-state index < -0.39 is 5.91 Å². The van der Waals surface area contributed by atoms with Gasteiger partial charge in [0.05, 0.1) is 11.8 Å². The molecule has 0 heterocycles. The Hall–Kier alpha value is -3.13. The number of nitrogens with zero attached hydrogens (tertiary/aromatic N) is 2. The molecule has 5 nitrogen and oxygen atoms in total. The molecule has 1 N–H and O–H groups in total. The van der Waals surface area contributed by atoms with Gasteiger partial charge in [-0.25, -0.2) is 5.43 Å². The van der Waals surface area contributed by atoms with Gasteiger partial charge in [0.1, 0.15) is 11.8 Å². The second-order valence-corrected chi connectivity index (χ2v) is 5.05. The molecule has 2 aromatic rings. The maximum absolute atomic E-state index is 11.7. The van der Waals surface area contributed by atoms with Crippen LogP contribution in [0.2, 0.25) is 0 Å². The molecule has 0 fully saturated rings. The van der Waals surface area contributed by atoms with Crippen molar-refractivity contribution in [1.82, 2.24) is 5.43 Å². The summed E-state index contributed by atoms with van der Waals surface area (Å²) in [5, 5.41) is 12.9. The van der Waals surface area contributed by atoms with Crippen LogP contribution in [-0.4, -0.2) is 18.7 Å². The Morgan fingerprint density at radius 3 is 2.83 bits per heavy atom. The standard InChI is InChI=1S/C18H17N3O2/c1-13-7-8-16(14(2)9-13)11-20-21-18(22)12-23-17-6-4-3-5-15(17)10-19/h3-9,11H,12H2,1-2H3,(H,21,22)/b20-11+. The fourth-order valence-electron chi connectivity index (χ4n) is 2.00. The van der Waals surface area contributed by atoms with Crippen LogP contribution in [0, 0.1) is 25.2 Å². The average Bonchev–Trinajstić information content (AvgIpc) is 2.55. The van der Waals surface area contributed by atoms with E-state index in [1.54, 1.807) is 30.5 Å². The van der Waals surface area contributed by atoms with Crippen molar-refractivity contribution in [3.8, 4) is 11.8 Å². The zero-order chi connectivity index (χ0) is 16.7. The lowest BCUT2D eigenvalue weighted by molar-refractivity contribution is -0.123. The Kier molecular flexibility index (Phi) is 5.48. The van der Waals surface area contributed by atoms with E-state index in [0.717, 1.165) is 11.1 Å².